The molecule has 0 spiro atoms. The molecule has 1 heterocycles. The van der Waals surface area contributed by atoms with Crippen molar-refractivity contribution in [2.24, 2.45) is 11.8 Å². The van der Waals surface area contributed by atoms with Crippen molar-refractivity contribution >= 4 is 27.6 Å². The van der Waals surface area contributed by atoms with Gasteiger partial charge in [0, 0.05) is 24.9 Å². The third-order valence-electron chi connectivity index (χ3n) is 9.58. The maximum atomic E-state index is 14.0. The van der Waals surface area contributed by atoms with Gasteiger partial charge in [-0.15, -0.1) is 0 Å². The molecular formula is C35H58N4O7S. The number of aliphatic hydroxyl groups is 1. The van der Waals surface area contributed by atoms with Crippen LogP contribution in [0, 0.1) is 11.8 Å². The molecule has 1 aromatic carbocycles. The third-order valence-corrected chi connectivity index (χ3v) is 11.7. The van der Waals surface area contributed by atoms with Gasteiger partial charge in [-0.2, -0.15) is 0 Å². The molecule has 0 bridgehead atoms. The highest BCUT2D eigenvalue weighted by atomic mass is 32.2. The number of benzene rings is 1. The number of β-amino-alcohol motifs (C(OH)–C–C–N with tert-alkyl or cyclic N) is 1. The van der Waals surface area contributed by atoms with Gasteiger partial charge in [0.15, 0.2) is 9.84 Å². The lowest BCUT2D eigenvalue weighted by atomic mass is 9.72. The van der Waals surface area contributed by atoms with Crippen LogP contribution >= 0.6 is 0 Å². The van der Waals surface area contributed by atoms with Gasteiger partial charge in [0.25, 0.3) is 0 Å². The molecule has 1 saturated heterocycles. The number of nitrogens with one attached hydrogen (secondary N) is 3. The van der Waals surface area contributed by atoms with E-state index >= 15 is 0 Å². The van der Waals surface area contributed by atoms with Crippen molar-refractivity contribution in [3.05, 3.63) is 35.9 Å². The minimum absolute atomic E-state index is 0.0707. The van der Waals surface area contributed by atoms with Crippen LogP contribution in [0.2, 0.25) is 0 Å². The number of sulfone groups is 1. The number of carbonyl (C=O) groups excluding carboxylic acids is 3. The molecule has 3 rings (SSSR count). The topological polar surface area (TPSA) is 154 Å². The fourth-order valence-electron chi connectivity index (χ4n) is 6.63. The summed E-state index contributed by atoms with van der Waals surface area (Å²) in [6.45, 7) is 12.6. The quantitative estimate of drug-likeness (QED) is 0.234. The Morgan fingerprint density at radius 1 is 1.00 bits per heavy atom. The summed E-state index contributed by atoms with van der Waals surface area (Å²) in [4.78, 5) is 42.5. The zero-order valence-corrected chi connectivity index (χ0v) is 30.4. The molecule has 1 saturated carbocycles. The molecule has 266 valence electrons. The molecule has 2 fully saturated rings. The SMILES string of the molecule is CC(C)OCC(=O)N[C@H](C(=O)N[C@@H](Cc1ccccc1)[C@H](O)CN1C[C@H]2CCCC[C@H]2C[C@H]1C(=O)NC(C)(C)C)C(C)(C)S(C)(=O)=O. The van der Waals surface area contributed by atoms with Gasteiger partial charge in [-0.1, -0.05) is 49.6 Å². The lowest BCUT2D eigenvalue weighted by Gasteiger charge is -2.47. The minimum atomic E-state index is -3.84. The zero-order valence-electron chi connectivity index (χ0n) is 29.5. The first-order valence-electron chi connectivity index (χ1n) is 17.0. The number of hydrogen-bond donors (Lipinski definition) is 4. The lowest BCUT2D eigenvalue weighted by Crippen LogP contribution is -2.64. The van der Waals surface area contributed by atoms with Crippen LogP contribution in [0.1, 0.15) is 86.1 Å². The molecule has 0 radical (unpaired) electrons. The van der Waals surface area contributed by atoms with E-state index in [1.54, 1.807) is 13.8 Å². The van der Waals surface area contributed by atoms with E-state index in [0.717, 1.165) is 37.5 Å². The van der Waals surface area contributed by atoms with Crippen molar-refractivity contribution in [1.29, 1.82) is 0 Å². The molecule has 0 unspecified atom stereocenters. The van der Waals surface area contributed by atoms with Crippen LogP contribution in [0.15, 0.2) is 30.3 Å². The van der Waals surface area contributed by atoms with E-state index in [1.807, 2.05) is 51.1 Å². The zero-order chi connectivity index (χ0) is 35.2. The average molecular weight is 679 g/mol. The average Bonchev–Trinajstić information content (AvgIpc) is 2.97. The van der Waals surface area contributed by atoms with E-state index in [9.17, 15) is 27.9 Å². The van der Waals surface area contributed by atoms with Crippen molar-refractivity contribution in [2.45, 2.75) is 128 Å². The number of amides is 3. The number of fused-ring (bicyclic) bond motifs is 1. The number of hydrogen-bond acceptors (Lipinski definition) is 8. The van der Waals surface area contributed by atoms with Crippen LogP contribution in [0.3, 0.4) is 0 Å². The Morgan fingerprint density at radius 3 is 2.19 bits per heavy atom. The van der Waals surface area contributed by atoms with Crippen LogP contribution in [0.4, 0.5) is 0 Å². The van der Waals surface area contributed by atoms with Crippen LogP contribution < -0.4 is 16.0 Å². The van der Waals surface area contributed by atoms with Crippen LogP contribution in [-0.4, -0.2) is 103 Å². The third kappa shape index (κ3) is 11.3. The van der Waals surface area contributed by atoms with Crippen molar-refractivity contribution in [1.82, 2.24) is 20.9 Å². The largest absolute Gasteiger partial charge is 0.390 e. The molecule has 12 heteroatoms. The maximum Gasteiger partial charge on any atom is 0.246 e. The van der Waals surface area contributed by atoms with Gasteiger partial charge in [-0.25, -0.2) is 8.42 Å². The predicted octanol–water partition coefficient (Wildman–Crippen LogP) is 2.60. The summed E-state index contributed by atoms with van der Waals surface area (Å²) in [5.74, 6) is -0.543. The van der Waals surface area contributed by atoms with Gasteiger partial charge in [0.2, 0.25) is 17.7 Å². The molecule has 0 aromatic heterocycles. The number of piperidine rings is 1. The normalized spacial score (nSPS) is 22.9. The predicted molar refractivity (Wildman–Crippen MR) is 183 cm³/mol. The van der Waals surface area contributed by atoms with Gasteiger partial charge in [0.1, 0.15) is 12.6 Å². The molecule has 2 aliphatic rings. The number of aliphatic hydroxyl groups excluding tert-OH is 1. The summed E-state index contributed by atoms with van der Waals surface area (Å²) in [7, 11) is -3.84. The van der Waals surface area contributed by atoms with E-state index in [-0.39, 0.29) is 31.6 Å². The van der Waals surface area contributed by atoms with Gasteiger partial charge in [0.05, 0.1) is 29.0 Å². The second-order valence-electron chi connectivity index (χ2n) is 15.4. The van der Waals surface area contributed by atoms with E-state index in [4.69, 9.17) is 4.74 Å². The first kappa shape index (κ1) is 38.9. The summed E-state index contributed by atoms with van der Waals surface area (Å²) < 4.78 is 29.5. The summed E-state index contributed by atoms with van der Waals surface area (Å²) in [5, 5.41) is 20.5. The van der Waals surface area contributed by atoms with E-state index in [2.05, 4.69) is 20.9 Å². The van der Waals surface area contributed by atoms with Gasteiger partial charge in [-0.3, -0.25) is 19.3 Å². The van der Waals surface area contributed by atoms with Crippen LogP contribution in [0.5, 0.6) is 0 Å². The Bertz CT molecular complexity index is 1310. The van der Waals surface area contributed by atoms with E-state index < -0.39 is 56.2 Å². The van der Waals surface area contributed by atoms with Crippen molar-refractivity contribution in [3.8, 4) is 0 Å². The molecule has 47 heavy (non-hydrogen) atoms. The number of ether oxygens (including phenoxy) is 1. The van der Waals surface area contributed by atoms with Crippen molar-refractivity contribution in [2.75, 3.05) is 26.0 Å². The summed E-state index contributed by atoms with van der Waals surface area (Å²) in [6, 6.07) is 6.66. The van der Waals surface area contributed by atoms with E-state index in [1.165, 1.54) is 13.8 Å². The first-order valence-corrected chi connectivity index (χ1v) is 18.9. The molecule has 1 aliphatic carbocycles. The van der Waals surface area contributed by atoms with Crippen molar-refractivity contribution in [3.63, 3.8) is 0 Å². The van der Waals surface area contributed by atoms with Crippen LogP contribution in [-0.2, 0) is 35.4 Å². The Morgan fingerprint density at radius 2 is 1.62 bits per heavy atom. The fraction of sp³-hybridized carbons (Fsp3) is 0.743. The molecule has 11 nitrogen and oxygen atoms in total. The highest BCUT2D eigenvalue weighted by molar-refractivity contribution is 7.92. The second kappa shape index (κ2) is 16.2. The Hall–Kier alpha value is -2.54. The molecular weight excluding hydrogens is 620 g/mol. The summed E-state index contributed by atoms with van der Waals surface area (Å²) in [6.07, 6.45) is 5.13. The Balaban J connectivity index is 1.91. The van der Waals surface area contributed by atoms with Crippen molar-refractivity contribution < 1.29 is 32.6 Å². The van der Waals surface area contributed by atoms with Gasteiger partial charge < -0.3 is 25.8 Å². The van der Waals surface area contributed by atoms with E-state index in [0.29, 0.717) is 24.8 Å². The molecule has 3 amide bonds. The highest BCUT2D eigenvalue weighted by Gasteiger charge is 2.46. The highest BCUT2D eigenvalue weighted by Crippen LogP contribution is 2.39. The number of rotatable bonds is 14. The Kier molecular flexibility index (Phi) is 13.4. The Labute approximate surface area is 281 Å². The van der Waals surface area contributed by atoms with Gasteiger partial charge >= 0.3 is 0 Å². The van der Waals surface area contributed by atoms with Crippen LogP contribution in [0.25, 0.3) is 0 Å². The number of nitrogens with zero attached hydrogens (tertiary/aromatic N) is 1. The monoisotopic (exact) mass is 678 g/mol. The standard InChI is InChI=1S/C35H58N4O7S/c1-23(2)46-22-30(41)37-31(35(6,7)47(8,44)45)33(43)36-27(18-24-14-10-9-11-15-24)29(40)21-39-20-26-17-13-12-16-25(26)19-28(39)32(42)38-34(3,4)5/h9-11,14-15,23,25-29,31,40H,12-13,16-22H2,1-8H3,(H,36,43)(H,37,41)(H,38,42)/t25-,26+,27-,28-,29+,31+/m0/s1. The van der Waals surface area contributed by atoms with Gasteiger partial charge in [-0.05, 0) is 85.1 Å². The molecule has 4 N–H and O–H groups in total. The molecule has 1 aromatic rings. The first-order chi connectivity index (χ1) is 21.8. The number of likely N-dealkylation sites (tertiary alicyclic amines) is 1. The molecule has 1 aliphatic heterocycles. The maximum absolute atomic E-state index is 14.0. The lowest BCUT2D eigenvalue weighted by molar-refractivity contribution is -0.134. The fourth-order valence-corrected chi connectivity index (χ4v) is 7.22. The smallest absolute Gasteiger partial charge is 0.246 e. The molecule has 6 atom stereocenters. The number of carbonyl (C=O) groups is 3. The summed E-state index contributed by atoms with van der Waals surface area (Å²) in [5.41, 5.74) is 0.443. The second-order valence-corrected chi connectivity index (χ2v) is 18.0. The summed E-state index contributed by atoms with van der Waals surface area (Å²) >= 11 is 0. The minimum Gasteiger partial charge on any atom is -0.390 e.